The zero-order valence-electron chi connectivity index (χ0n) is 22.6. The molecule has 214 valence electrons. The molecular weight excluding hydrogens is 552 g/mol. The van der Waals surface area contributed by atoms with E-state index in [2.05, 4.69) is 21.8 Å². The van der Waals surface area contributed by atoms with Crippen LogP contribution in [0.25, 0.3) is 0 Å². The summed E-state index contributed by atoms with van der Waals surface area (Å²) in [6.07, 6.45) is 8.85. The third-order valence-electron chi connectivity index (χ3n) is 8.97. The molecule has 4 atom stereocenters. The van der Waals surface area contributed by atoms with Gasteiger partial charge in [-0.05, 0) is 85.4 Å². The Morgan fingerprint density at radius 3 is 2.85 bits per heavy atom. The van der Waals surface area contributed by atoms with Crippen molar-refractivity contribution in [3.05, 3.63) is 64.7 Å². The van der Waals surface area contributed by atoms with Crippen LogP contribution in [0.5, 0.6) is 5.75 Å². The number of rotatable bonds is 1. The highest BCUT2D eigenvalue weighted by atomic mass is 35.5. The molecule has 0 aromatic heterocycles. The van der Waals surface area contributed by atoms with E-state index in [0.717, 1.165) is 49.4 Å². The standard InChI is InChI=1S/C30H35ClN2O6S/c1-37-27-5-3-13-38-17-29(34)32-40(35,36)23-8-11-28-26(15-23)33(16-21-6-9-24(21)27)18-30(19-39-28)12-2-4-20-14-22(31)7-10-25(20)30/h3,5,7-8,10-11,14-15,21,24,27H,2,4,6,9,12-13,16-19H2,1H3,(H,32,34)/b5-3+/t21-,24+,27+,30-/m0/s1. The molecule has 0 unspecified atom stereocenters. The summed E-state index contributed by atoms with van der Waals surface area (Å²) >= 11 is 6.38. The largest absolute Gasteiger partial charge is 0.490 e. The molecule has 6 rings (SSSR count). The van der Waals surface area contributed by atoms with Crippen LogP contribution in [-0.2, 0) is 36.1 Å². The Bertz CT molecular complexity index is 1430. The summed E-state index contributed by atoms with van der Waals surface area (Å²) < 4.78 is 46.3. The van der Waals surface area contributed by atoms with Crippen molar-refractivity contribution in [1.82, 2.24) is 4.72 Å². The van der Waals surface area contributed by atoms with Crippen LogP contribution in [0.1, 0.15) is 36.8 Å². The van der Waals surface area contributed by atoms with Gasteiger partial charge in [-0.15, -0.1) is 0 Å². The van der Waals surface area contributed by atoms with Gasteiger partial charge >= 0.3 is 0 Å². The molecule has 1 fully saturated rings. The van der Waals surface area contributed by atoms with E-state index in [9.17, 15) is 13.2 Å². The van der Waals surface area contributed by atoms with Gasteiger partial charge in [0.05, 0.1) is 29.9 Å². The van der Waals surface area contributed by atoms with Gasteiger partial charge in [0.2, 0.25) is 0 Å². The van der Waals surface area contributed by atoms with Crippen molar-refractivity contribution in [3.8, 4) is 5.75 Å². The quantitative estimate of drug-likeness (QED) is 0.499. The molecule has 2 aromatic carbocycles. The van der Waals surface area contributed by atoms with Crippen molar-refractivity contribution in [2.24, 2.45) is 11.8 Å². The van der Waals surface area contributed by atoms with Crippen LogP contribution < -0.4 is 14.4 Å². The Labute approximate surface area is 240 Å². The number of hydrogen-bond acceptors (Lipinski definition) is 7. The lowest BCUT2D eigenvalue weighted by Gasteiger charge is -2.46. The zero-order valence-corrected chi connectivity index (χ0v) is 24.2. The van der Waals surface area contributed by atoms with Crippen molar-refractivity contribution in [2.45, 2.75) is 48.5 Å². The van der Waals surface area contributed by atoms with Gasteiger partial charge in [-0.25, -0.2) is 13.1 Å². The highest BCUT2D eigenvalue weighted by Gasteiger charge is 2.44. The first kappa shape index (κ1) is 27.6. The van der Waals surface area contributed by atoms with Crippen molar-refractivity contribution >= 4 is 33.2 Å². The number of carbonyl (C=O) groups excluding carboxylic acids is 1. The minimum absolute atomic E-state index is 0.0203. The van der Waals surface area contributed by atoms with E-state index in [0.29, 0.717) is 30.7 Å². The minimum atomic E-state index is -4.10. The second kappa shape index (κ2) is 11.0. The molecule has 2 bridgehead atoms. The van der Waals surface area contributed by atoms with Gasteiger partial charge in [0.1, 0.15) is 12.4 Å². The van der Waals surface area contributed by atoms with E-state index < -0.39 is 15.9 Å². The lowest BCUT2D eigenvalue weighted by atomic mass is 9.68. The third-order valence-corrected chi connectivity index (χ3v) is 10.6. The maximum atomic E-state index is 13.2. The van der Waals surface area contributed by atoms with E-state index in [1.54, 1.807) is 19.2 Å². The average molecular weight is 587 g/mol. The van der Waals surface area contributed by atoms with E-state index in [1.165, 1.54) is 17.2 Å². The summed E-state index contributed by atoms with van der Waals surface area (Å²) in [7, 11) is -2.37. The molecule has 2 aliphatic heterocycles. The fourth-order valence-electron chi connectivity index (χ4n) is 6.84. The number of aryl methyl sites for hydroxylation is 1. The summed E-state index contributed by atoms with van der Waals surface area (Å²) in [5, 5.41) is 0.733. The Morgan fingerprint density at radius 2 is 2.05 bits per heavy atom. The average Bonchev–Trinajstić information content (AvgIpc) is 3.06. The lowest BCUT2D eigenvalue weighted by Crippen LogP contribution is -2.49. The number of methoxy groups -OCH3 is 1. The summed E-state index contributed by atoms with van der Waals surface area (Å²) in [6.45, 7) is 1.75. The Morgan fingerprint density at radius 1 is 1.18 bits per heavy atom. The molecule has 8 nitrogen and oxygen atoms in total. The Hall–Kier alpha value is -2.59. The molecule has 4 aliphatic rings. The third kappa shape index (κ3) is 5.24. The van der Waals surface area contributed by atoms with Crippen LogP contribution >= 0.6 is 11.6 Å². The maximum absolute atomic E-state index is 13.2. The molecule has 2 aromatic rings. The number of benzene rings is 2. The number of halogens is 1. The number of fused-ring (bicyclic) bond motifs is 4. The van der Waals surface area contributed by atoms with Crippen LogP contribution in [-0.4, -0.2) is 60.4 Å². The normalized spacial score (nSPS) is 30.6. The van der Waals surface area contributed by atoms with E-state index in [4.69, 9.17) is 25.8 Å². The minimum Gasteiger partial charge on any atom is -0.490 e. The SMILES string of the molecule is CO[C@@H]1/C=C/COCC(=O)NS(=O)(=O)c2ccc3c(c2)N(C[C@@H]2CC[C@H]21)C[C@@]1(CCCc2cc(Cl)ccc21)CO3. The van der Waals surface area contributed by atoms with E-state index in [1.807, 2.05) is 18.2 Å². The number of nitrogens with one attached hydrogen (secondary N) is 1. The molecule has 1 spiro atoms. The highest BCUT2D eigenvalue weighted by Crippen LogP contribution is 2.47. The smallest absolute Gasteiger partial charge is 0.264 e. The summed E-state index contributed by atoms with van der Waals surface area (Å²) in [4.78, 5) is 14.7. The van der Waals surface area contributed by atoms with E-state index >= 15 is 0 Å². The first-order chi connectivity index (χ1) is 19.3. The van der Waals surface area contributed by atoms with Crippen LogP contribution in [0, 0.1) is 11.8 Å². The fourth-order valence-corrected chi connectivity index (χ4v) is 8.03. The van der Waals surface area contributed by atoms with Gasteiger partial charge in [-0.2, -0.15) is 0 Å². The van der Waals surface area contributed by atoms with Gasteiger partial charge < -0.3 is 19.1 Å². The maximum Gasteiger partial charge on any atom is 0.264 e. The van der Waals surface area contributed by atoms with Gasteiger partial charge in [-0.1, -0.05) is 29.8 Å². The van der Waals surface area contributed by atoms with Gasteiger partial charge in [-0.3, -0.25) is 4.79 Å². The second-order valence-electron chi connectivity index (χ2n) is 11.4. The van der Waals surface area contributed by atoms with Crippen molar-refractivity contribution in [3.63, 3.8) is 0 Å². The Kier molecular flexibility index (Phi) is 7.59. The molecule has 0 radical (unpaired) electrons. The summed E-state index contributed by atoms with van der Waals surface area (Å²) in [5.74, 6) is 0.610. The predicted molar refractivity (Wildman–Crippen MR) is 153 cm³/mol. The summed E-state index contributed by atoms with van der Waals surface area (Å²) in [6, 6.07) is 11.0. The molecule has 1 amide bonds. The van der Waals surface area contributed by atoms with Crippen LogP contribution in [0.3, 0.4) is 0 Å². The van der Waals surface area contributed by atoms with Crippen LogP contribution in [0.2, 0.25) is 5.02 Å². The van der Waals surface area contributed by atoms with Crippen molar-refractivity contribution in [2.75, 3.05) is 44.9 Å². The molecule has 0 saturated heterocycles. The van der Waals surface area contributed by atoms with Gasteiger partial charge in [0, 0.05) is 30.6 Å². The highest BCUT2D eigenvalue weighted by molar-refractivity contribution is 7.90. The number of anilines is 1. The molecule has 1 N–H and O–H groups in total. The van der Waals surface area contributed by atoms with Gasteiger partial charge in [0.15, 0.2) is 0 Å². The fraction of sp³-hybridized carbons (Fsp3) is 0.500. The number of amides is 1. The lowest BCUT2D eigenvalue weighted by molar-refractivity contribution is -0.123. The first-order valence-electron chi connectivity index (χ1n) is 13.9. The molecule has 2 heterocycles. The number of sulfonamides is 1. The van der Waals surface area contributed by atoms with E-state index in [-0.39, 0.29) is 29.6 Å². The molecule has 10 heteroatoms. The van der Waals surface area contributed by atoms with Crippen molar-refractivity contribution < 1.29 is 27.4 Å². The second-order valence-corrected chi connectivity index (χ2v) is 13.5. The first-order valence-corrected chi connectivity index (χ1v) is 15.8. The Balaban J connectivity index is 1.43. The topological polar surface area (TPSA) is 94.2 Å². The molecule has 2 aliphatic carbocycles. The van der Waals surface area contributed by atoms with Crippen LogP contribution in [0.4, 0.5) is 5.69 Å². The monoisotopic (exact) mass is 586 g/mol. The zero-order chi connectivity index (χ0) is 27.9. The predicted octanol–water partition coefficient (Wildman–Crippen LogP) is 4.25. The molecular formula is C30H35ClN2O6S. The van der Waals surface area contributed by atoms with Crippen LogP contribution in [0.15, 0.2) is 53.4 Å². The summed E-state index contributed by atoms with van der Waals surface area (Å²) in [5.41, 5.74) is 2.97. The van der Waals surface area contributed by atoms with Crippen molar-refractivity contribution in [1.29, 1.82) is 0 Å². The van der Waals surface area contributed by atoms with Gasteiger partial charge in [0.25, 0.3) is 15.9 Å². The molecule has 40 heavy (non-hydrogen) atoms. The number of nitrogens with zero attached hydrogens (tertiary/aromatic N) is 1. The molecule has 1 saturated carbocycles. The number of carbonyl (C=O) groups is 1. The number of hydrogen-bond donors (Lipinski definition) is 1. The number of ether oxygens (including phenoxy) is 3.